The summed E-state index contributed by atoms with van der Waals surface area (Å²) in [6, 6.07) is 4.23. The highest BCUT2D eigenvalue weighted by molar-refractivity contribution is 6.00. The number of nitro groups is 1. The minimum Gasteiger partial charge on any atom is -0.468 e. The number of hydrogen-bond acceptors (Lipinski definition) is 7. The number of hydrogen-bond donors (Lipinski definition) is 1. The first kappa shape index (κ1) is 22.9. The van der Waals surface area contributed by atoms with Crippen LogP contribution >= 0.6 is 0 Å². The van der Waals surface area contributed by atoms with Crippen LogP contribution in [0.5, 0.6) is 0 Å². The normalized spacial score (nSPS) is 13.9. The first-order valence-electron chi connectivity index (χ1n) is 9.32. The van der Waals surface area contributed by atoms with Crippen molar-refractivity contribution in [1.29, 1.82) is 0 Å². The van der Waals surface area contributed by atoms with Gasteiger partial charge >= 0.3 is 12.1 Å². The van der Waals surface area contributed by atoms with Crippen LogP contribution in [0.3, 0.4) is 0 Å². The number of benzene rings is 1. The Morgan fingerprint density at radius 1 is 1.27 bits per heavy atom. The molecule has 0 unspecified atom stereocenters. The molecule has 1 N–H and O–H groups in total. The molecule has 0 fully saturated rings. The molecule has 0 saturated carbocycles. The monoisotopic (exact) mass is 419 g/mol. The molecule has 0 spiro atoms. The molecule has 1 aliphatic rings. The van der Waals surface area contributed by atoms with Crippen LogP contribution in [0.15, 0.2) is 24.3 Å². The summed E-state index contributed by atoms with van der Waals surface area (Å²) in [4.78, 5) is 48.0. The molecule has 1 aromatic rings. The van der Waals surface area contributed by atoms with Gasteiger partial charge in [-0.2, -0.15) is 0 Å². The summed E-state index contributed by atoms with van der Waals surface area (Å²) in [5, 5.41) is 13.6. The van der Waals surface area contributed by atoms with Crippen LogP contribution < -0.4 is 5.32 Å². The Morgan fingerprint density at radius 3 is 2.50 bits per heavy atom. The maximum absolute atomic E-state index is 12.4. The fraction of sp³-hybridized carbons (Fsp3) is 0.450. The molecule has 0 saturated heterocycles. The fourth-order valence-corrected chi connectivity index (χ4v) is 2.82. The number of esters is 1. The van der Waals surface area contributed by atoms with E-state index in [9.17, 15) is 24.5 Å². The van der Waals surface area contributed by atoms with Crippen LogP contribution in [-0.2, 0) is 14.3 Å². The largest absolute Gasteiger partial charge is 0.468 e. The molecule has 10 heteroatoms. The van der Waals surface area contributed by atoms with E-state index in [0.29, 0.717) is 25.1 Å². The van der Waals surface area contributed by atoms with Gasteiger partial charge in [0.2, 0.25) is 0 Å². The van der Waals surface area contributed by atoms with E-state index in [1.54, 1.807) is 31.7 Å². The van der Waals surface area contributed by atoms with Gasteiger partial charge in [-0.1, -0.05) is 6.08 Å². The van der Waals surface area contributed by atoms with E-state index < -0.39 is 35.0 Å². The lowest BCUT2D eigenvalue weighted by atomic mass is 9.97. The van der Waals surface area contributed by atoms with Crippen LogP contribution in [-0.4, -0.2) is 60.1 Å². The first-order valence-corrected chi connectivity index (χ1v) is 9.32. The van der Waals surface area contributed by atoms with Gasteiger partial charge in [-0.05, 0) is 50.5 Å². The van der Waals surface area contributed by atoms with Crippen molar-refractivity contribution in [2.24, 2.45) is 0 Å². The third-order valence-electron chi connectivity index (χ3n) is 4.29. The molecule has 0 radical (unpaired) electrons. The molecule has 162 valence electrons. The second-order valence-corrected chi connectivity index (χ2v) is 7.65. The number of nitro benzene ring substituents is 1. The molecule has 2 amide bonds. The van der Waals surface area contributed by atoms with E-state index in [1.165, 1.54) is 19.2 Å². The molecule has 0 atom stereocenters. The number of rotatable bonds is 5. The number of carbonyl (C=O) groups excluding carboxylic acids is 3. The summed E-state index contributed by atoms with van der Waals surface area (Å²) in [5.74, 6) is -1.42. The standard InChI is InChI=1S/C20H25N3O7/c1-20(2,3)30-19(26)22-9-7-13(8-10-22)14-5-6-16(23(27)28)15(11-14)18(25)21-12-17(24)29-4/h5-7,11H,8-10,12H2,1-4H3,(H,21,25). The van der Waals surface area contributed by atoms with Crippen LogP contribution in [0, 0.1) is 10.1 Å². The molecule has 2 rings (SSSR count). The van der Waals surface area contributed by atoms with Crippen molar-refractivity contribution in [2.45, 2.75) is 32.8 Å². The van der Waals surface area contributed by atoms with Crippen LogP contribution in [0.25, 0.3) is 5.57 Å². The zero-order valence-electron chi connectivity index (χ0n) is 17.4. The topological polar surface area (TPSA) is 128 Å². The molecular formula is C20H25N3O7. The Morgan fingerprint density at radius 2 is 1.97 bits per heavy atom. The van der Waals surface area contributed by atoms with E-state index in [2.05, 4.69) is 10.1 Å². The van der Waals surface area contributed by atoms with Gasteiger partial charge in [0.25, 0.3) is 11.6 Å². The molecular weight excluding hydrogens is 394 g/mol. The van der Waals surface area contributed by atoms with E-state index in [0.717, 1.165) is 5.57 Å². The first-order chi connectivity index (χ1) is 14.0. The smallest absolute Gasteiger partial charge is 0.410 e. The molecule has 0 aliphatic carbocycles. The van der Waals surface area contributed by atoms with Crippen molar-refractivity contribution in [2.75, 3.05) is 26.7 Å². The van der Waals surface area contributed by atoms with Crippen LogP contribution in [0.2, 0.25) is 0 Å². The molecule has 1 aromatic carbocycles. The fourth-order valence-electron chi connectivity index (χ4n) is 2.82. The Labute approximate surface area is 174 Å². The van der Waals surface area contributed by atoms with Crippen molar-refractivity contribution < 1.29 is 28.8 Å². The summed E-state index contributed by atoms with van der Waals surface area (Å²) in [6.45, 7) is 5.72. The lowest BCUT2D eigenvalue weighted by Gasteiger charge is -2.29. The molecule has 1 heterocycles. The number of carbonyl (C=O) groups is 3. The maximum Gasteiger partial charge on any atom is 0.410 e. The van der Waals surface area contributed by atoms with Crippen molar-refractivity contribution >= 4 is 29.2 Å². The van der Waals surface area contributed by atoms with Crippen LogP contribution in [0.1, 0.15) is 43.1 Å². The Hall–Kier alpha value is -3.43. The van der Waals surface area contributed by atoms with Gasteiger partial charge in [0, 0.05) is 19.2 Å². The Balaban J connectivity index is 2.20. The zero-order valence-corrected chi connectivity index (χ0v) is 17.4. The lowest BCUT2D eigenvalue weighted by Crippen LogP contribution is -2.39. The summed E-state index contributed by atoms with van der Waals surface area (Å²) < 4.78 is 9.81. The highest BCUT2D eigenvalue weighted by atomic mass is 16.6. The van der Waals surface area contributed by atoms with Gasteiger partial charge in [-0.25, -0.2) is 4.79 Å². The zero-order chi connectivity index (χ0) is 22.5. The molecule has 30 heavy (non-hydrogen) atoms. The SMILES string of the molecule is COC(=O)CNC(=O)c1cc(C2=CCN(C(=O)OC(C)(C)C)CC2)ccc1[N+](=O)[O-]. The van der Waals surface area contributed by atoms with Crippen molar-refractivity contribution in [3.05, 3.63) is 45.5 Å². The van der Waals surface area contributed by atoms with Gasteiger partial charge < -0.3 is 19.7 Å². The number of nitrogens with zero attached hydrogens (tertiary/aromatic N) is 2. The third-order valence-corrected chi connectivity index (χ3v) is 4.29. The molecule has 0 aromatic heterocycles. The highest BCUT2D eigenvalue weighted by Crippen LogP contribution is 2.28. The summed E-state index contributed by atoms with van der Waals surface area (Å²) in [7, 11) is 1.17. The molecule has 0 bridgehead atoms. The van der Waals surface area contributed by atoms with Gasteiger partial charge in [0.1, 0.15) is 17.7 Å². The number of methoxy groups -OCH3 is 1. The summed E-state index contributed by atoms with van der Waals surface area (Å²) in [6.07, 6.45) is 1.91. The van der Waals surface area contributed by atoms with Crippen molar-refractivity contribution in [1.82, 2.24) is 10.2 Å². The van der Waals surface area contributed by atoms with Crippen LogP contribution in [0.4, 0.5) is 10.5 Å². The molecule has 10 nitrogen and oxygen atoms in total. The van der Waals surface area contributed by atoms with E-state index in [1.807, 2.05) is 6.08 Å². The Kier molecular flexibility index (Phi) is 7.14. The van der Waals surface area contributed by atoms with Gasteiger partial charge in [0.05, 0.1) is 12.0 Å². The quantitative estimate of drug-likeness (QED) is 0.441. The van der Waals surface area contributed by atoms with Crippen molar-refractivity contribution in [3.8, 4) is 0 Å². The minimum atomic E-state index is -0.749. The van der Waals surface area contributed by atoms with E-state index >= 15 is 0 Å². The average molecular weight is 419 g/mol. The lowest BCUT2D eigenvalue weighted by molar-refractivity contribution is -0.385. The third kappa shape index (κ3) is 6.03. The van der Waals surface area contributed by atoms with Gasteiger partial charge in [-0.15, -0.1) is 0 Å². The maximum atomic E-state index is 12.4. The van der Waals surface area contributed by atoms with E-state index in [-0.39, 0.29) is 11.3 Å². The number of ether oxygens (including phenoxy) is 2. The molecule has 1 aliphatic heterocycles. The van der Waals surface area contributed by atoms with E-state index in [4.69, 9.17) is 4.74 Å². The second kappa shape index (κ2) is 9.38. The van der Waals surface area contributed by atoms with Gasteiger partial charge in [-0.3, -0.25) is 19.7 Å². The summed E-state index contributed by atoms with van der Waals surface area (Å²) in [5.41, 5.74) is 0.371. The average Bonchev–Trinajstić information content (AvgIpc) is 2.70. The van der Waals surface area contributed by atoms with Gasteiger partial charge in [0.15, 0.2) is 0 Å². The Bertz CT molecular complexity index is 887. The summed E-state index contributed by atoms with van der Waals surface area (Å²) >= 11 is 0. The second-order valence-electron chi connectivity index (χ2n) is 7.65. The predicted octanol–water partition coefficient (Wildman–Crippen LogP) is 2.52. The predicted molar refractivity (Wildman–Crippen MR) is 108 cm³/mol. The number of amides is 2. The highest BCUT2D eigenvalue weighted by Gasteiger charge is 2.26. The minimum absolute atomic E-state index is 0.156. The number of nitrogens with one attached hydrogen (secondary N) is 1. The van der Waals surface area contributed by atoms with Crippen molar-refractivity contribution in [3.63, 3.8) is 0 Å².